The standard InChI is InChI=1S/C13H18ClNO/c1-10-4-5-12(8-11(10)2)9-13(16)15(3)7-6-14/h4-5,8H,6-7,9H2,1-3H3. The Bertz CT molecular complexity index is 376. The van der Waals surface area contributed by atoms with Crippen LogP contribution in [-0.4, -0.2) is 30.3 Å². The van der Waals surface area contributed by atoms with Crippen molar-refractivity contribution >= 4 is 17.5 Å². The first-order chi connectivity index (χ1) is 7.54. The zero-order chi connectivity index (χ0) is 12.1. The Labute approximate surface area is 102 Å². The lowest BCUT2D eigenvalue weighted by molar-refractivity contribution is -0.128. The van der Waals surface area contributed by atoms with E-state index in [1.54, 1.807) is 11.9 Å². The molecule has 0 unspecified atom stereocenters. The van der Waals surface area contributed by atoms with Gasteiger partial charge in [-0.25, -0.2) is 0 Å². The number of rotatable bonds is 4. The first-order valence-corrected chi connectivity index (χ1v) is 5.94. The summed E-state index contributed by atoms with van der Waals surface area (Å²) < 4.78 is 0. The number of carbonyl (C=O) groups is 1. The third-order valence-corrected chi connectivity index (χ3v) is 2.94. The second-order valence-corrected chi connectivity index (χ2v) is 4.48. The van der Waals surface area contributed by atoms with Gasteiger partial charge >= 0.3 is 0 Å². The monoisotopic (exact) mass is 239 g/mol. The smallest absolute Gasteiger partial charge is 0.226 e. The van der Waals surface area contributed by atoms with E-state index in [1.165, 1.54) is 11.1 Å². The van der Waals surface area contributed by atoms with Crippen molar-refractivity contribution in [2.24, 2.45) is 0 Å². The van der Waals surface area contributed by atoms with Crippen molar-refractivity contribution in [3.63, 3.8) is 0 Å². The summed E-state index contributed by atoms with van der Waals surface area (Å²) >= 11 is 5.60. The Kier molecular flexibility index (Phi) is 4.81. The average Bonchev–Trinajstić information content (AvgIpc) is 2.24. The predicted octanol–water partition coefficient (Wildman–Crippen LogP) is 2.54. The van der Waals surface area contributed by atoms with Crippen LogP contribution in [-0.2, 0) is 11.2 Å². The molecular formula is C13H18ClNO. The van der Waals surface area contributed by atoms with Crippen molar-refractivity contribution in [2.75, 3.05) is 19.5 Å². The van der Waals surface area contributed by atoms with Crippen molar-refractivity contribution in [2.45, 2.75) is 20.3 Å². The highest BCUT2D eigenvalue weighted by Gasteiger charge is 2.09. The molecule has 0 fully saturated rings. The normalized spacial score (nSPS) is 10.2. The van der Waals surface area contributed by atoms with Gasteiger partial charge in [-0.3, -0.25) is 4.79 Å². The van der Waals surface area contributed by atoms with Gasteiger partial charge in [0.1, 0.15) is 0 Å². The van der Waals surface area contributed by atoms with Gasteiger partial charge < -0.3 is 4.90 Å². The van der Waals surface area contributed by atoms with Gasteiger partial charge in [-0.15, -0.1) is 11.6 Å². The van der Waals surface area contributed by atoms with E-state index < -0.39 is 0 Å². The summed E-state index contributed by atoms with van der Waals surface area (Å²) in [6, 6.07) is 6.13. The zero-order valence-electron chi connectivity index (χ0n) is 10.1. The number of aryl methyl sites for hydroxylation is 2. The summed E-state index contributed by atoms with van der Waals surface area (Å²) in [5.41, 5.74) is 3.55. The van der Waals surface area contributed by atoms with E-state index in [0.717, 1.165) is 5.56 Å². The SMILES string of the molecule is Cc1ccc(CC(=O)N(C)CCCl)cc1C. The lowest BCUT2D eigenvalue weighted by atomic mass is 10.0. The first kappa shape index (κ1) is 13.0. The van der Waals surface area contributed by atoms with E-state index in [9.17, 15) is 4.79 Å². The topological polar surface area (TPSA) is 20.3 Å². The maximum Gasteiger partial charge on any atom is 0.226 e. The third-order valence-electron chi connectivity index (χ3n) is 2.77. The van der Waals surface area contributed by atoms with Gasteiger partial charge in [0, 0.05) is 19.5 Å². The number of likely N-dealkylation sites (N-methyl/N-ethyl adjacent to an activating group) is 1. The molecule has 0 radical (unpaired) electrons. The molecule has 0 spiro atoms. The van der Waals surface area contributed by atoms with Crippen LogP contribution in [0.25, 0.3) is 0 Å². The average molecular weight is 240 g/mol. The second kappa shape index (κ2) is 5.90. The molecule has 16 heavy (non-hydrogen) atoms. The molecule has 0 heterocycles. The summed E-state index contributed by atoms with van der Waals surface area (Å²) in [4.78, 5) is 13.4. The molecular weight excluding hydrogens is 222 g/mol. The molecule has 0 aromatic heterocycles. The fourth-order valence-electron chi connectivity index (χ4n) is 1.47. The van der Waals surface area contributed by atoms with Crippen LogP contribution < -0.4 is 0 Å². The molecule has 0 saturated heterocycles. The largest absolute Gasteiger partial charge is 0.344 e. The van der Waals surface area contributed by atoms with E-state index in [1.807, 2.05) is 6.07 Å². The number of carbonyl (C=O) groups excluding carboxylic acids is 1. The number of hydrogen-bond acceptors (Lipinski definition) is 1. The molecule has 0 aliphatic carbocycles. The predicted molar refractivity (Wildman–Crippen MR) is 68.0 cm³/mol. The van der Waals surface area contributed by atoms with Crippen LogP contribution in [0.1, 0.15) is 16.7 Å². The quantitative estimate of drug-likeness (QED) is 0.740. The fourth-order valence-corrected chi connectivity index (χ4v) is 1.73. The molecule has 1 amide bonds. The van der Waals surface area contributed by atoms with E-state index >= 15 is 0 Å². The van der Waals surface area contributed by atoms with Crippen LogP contribution >= 0.6 is 11.6 Å². The third kappa shape index (κ3) is 3.53. The molecule has 0 N–H and O–H groups in total. The summed E-state index contributed by atoms with van der Waals surface area (Å²) in [5, 5.41) is 0. The minimum atomic E-state index is 0.115. The Hall–Kier alpha value is -1.02. The minimum Gasteiger partial charge on any atom is -0.344 e. The highest BCUT2D eigenvalue weighted by Crippen LogP contribution is 2.11. The molecule has 0 saturated carbocycles. The molecule has 0 aliphatic rings. The minimum absolute atomic E-state index is 0.115. The first-order valence-electron chi connectivity index (χ1n) is 5.40. The molecule has 1 aromatic rings. The van der Waals surface area contributed by atoms with E-state index in [2.05, 4.69) is 26.0 Å². The summed E-state index contributed by atoms with van der Waals surface area (Å²) in [7, 11) is 1.78. The van der Waals surface area contributed by atoms with E-state index in [-0.39, 0.29) is 5.91 Å². The van der Waals surface area contributed by atoms with Gasteiger partial charge in [-0.2, -0.15) is 0 Å². The number of alkyl halides is 1. The Morgan fingerprint density at radius 2 is 2.00 bits per heavy atom. The number of amides is 1. The molecule has 1 rings (SSSR count). The Morgan fingerprint density at radius 1 is 1.31 bits per heavy atom. The number of hydrogen-bond donors (Lipinski definition) is 0. The number of benzene rings is 1. The van der Waals surface area contributed by atoms with Crippen LogP contribution in [0.15, 0.2) is 18.2 Å². The van der Waals surface area contributed by atoms with Gasteiger partial charge in [0.05, 0.1) is 6.42 Å². The van der Waals surface area contributed by atoms with Crippen molar-refractivity contribution < 1.29 is 4.79 Å². The summed E-state index contributed by atoms with van der Waals surface area (Å²) in [6.07, 6.45) is 0.453. The molecule has 0 bridgehead atoms. The van der Waals surface area contributed by atoms with Gasteiger partial charge in [0.25, 0.3) is 0 Å². The van der Waals surface area contributed by atoms with Gasteiger partial charge in [0.2, 0.25) is 5.91 Å². The van der Waals surface area contributed by atoms with Crippen molar-refractivity contribution in [3.05, 3.63) is 34.9 Å². The fraction of sp³-hybridized carbons (Fsp3) is 0.462. The van der Waals surface area contributed by atoms with Crippen LogP contribution in [0.2, 0.25) is 0 Å². The molecule has 2 nitrogen and oxygen atoms in total. The highest BCUT2D eigenvalue weighted by atomic mass is 35.5. The van der Waals surface area contributed by atoms with Crippen LogP contribution in [0.3, 0.4) is 0 Å². The van der Waals surface area contributed by atoms with Crippen LogP contribution in [0.5, 0.6) is 0 Å². The van der Waals surface area contributed by atoms with Crippen molar-refractivity contribution in [3.8, 4) is 0 Å². The highest BCUT2D eigenvalue weighted by molar-refractivity contribution is 6.18. The maximum absolute atomic E-state index is 11.8. The van der Waals surface area contributed by atoms with E-state index in [4.69, 9.17) is 11.6 Å². The van der Waals surface area contributed by atoms with E-state index in [0.29, 0.717) is 18.8 Å². The molecule has 88 valence electrons. The molecule has 0 atom stereocenters. The zero-order valence-corrected chi connectivity index (χ0v) is 10.8. The van der Waals surface area contributed by atoms with Gasteiger partial charge in [-0.1, -0.05) is 18.2 Å². The Balaban J connectivity index is 2.66. The maximum atomic E-state index is 11.8. The Morgan fingerprint density at radius 3 is 2.56 bits per heavy atom. The summed E-state index contributed by atoms with van der Waals surface area (Å²) in [5.74, 6) is 0.596. The van der Waals surface area contributed by atoms with Crippen molar-refractivity contribution in [1.82, 2.24) is 4.90 Å². The second-order valence-electron chi connectivity index (χ2n) is 4.10. The van der Waals surface area contributed by atoms with Crippen LogP contribution in [0.4, 0.5) is 0 Å². The van der Waals surface area contributed by atoms with Gasteiger partial charge in [0.15, 0.2) is 0 Å². The van der Waals surface area contributed by atoms with Crippen LogP contribution in [0, 0.1) is 13.8 Å². The van der Waals surface area contributed by atoms with Crippen molar-refractivity contribution in [1.29, 1.82) is 0 Å². The molecule has 1 aromatic carbocycles. The number of halogens is 1. The molecule has 3 heteroatoms. The molecule has 0 aliphatic heterocycles. The summed E-state index contributed by atoms with van der Waals surface area (Å²) in [6.45, 7) is 4.73. The lowest BCUT2D eigenvalue weighted by Crippen LogP contribution is -2.29. The number of nitrogens with zero attached hydrogens (tertiary/aromatic N) is 1. The van der Waals surface area contributed by atoms with Gasteiger partial charge in [-0.05, 0) is 30.5 Å². The lowest BCUT2D eigenvalue weighted by Gasteiger charge is -2.15.